The monoisotopic (exact) mass is 588 g/mol. The number of carbonyl (C=O) groups is 1. The minimum Gasteiger partial charge on any atom is -0.494 e. The molecule has 1 aliphatic rings. The maximum absolute atomic E-state index is 13.6. The molecule has 1 aromatic heterocycles. The van der Waals surface area contributed by atoms with Gasteiger partial charge in [-0.2, -0.15) is 9.50 Å². The molecule has 42 heavy (non-hydrogen) atoms. The Bertz CT molecular complexity index is 1330. The number of unbranched alkanes of at least 4 members (excludes halogenated alkanes) is 4. The first-order chi connectivity index (χ1) is 20.3. The molecule has 0 spiro atoms. The fourth-order valence-electron chi connectivity index (χ4n) is 4.49. The number of hydrogen-bond donors (Lipinski definition) is 4. The molecule has 230 valence electrons. The Morgan fingerprint density at radius 3 is 2.86 bits per heavy atom. The van der Waals surface area contributed by atoms with Crippen molar-refractivity contribution in [3.8, 4) is 5.75 Å². The maximum atomic E-state index is 13.6. The summed E-state index contributed by atoms with van der Waals surface area (Å²) in [5, 5.41) is 6.78. The van der Waals surface area contributed by atoms with Crippen LogP contribution in [-0.2, 0) is 20.7 Å². The van der Waals surface area contributed by atoms with Crippen LogP contribution < -0.4 is 27.0 Å². The summed E-state index contributed by atoms with van der Waals surface area (Å²) in [6.45, 7) is 3.47. The average molecular weight is 589 g/mol. The third-order valence-electron chi connectivity index (χ3n) is 6.88. The number of nitrogens with two attached hydrogens (primary N) is 1. The number of ether oxygens (including phenoxy) is 3. The molecule has 0 bridgehead atoms. The number of hydrogen-bond acceptors (Lipinski definition) is 10. The van der Waals surface area contributed by atoms with Crippen LogP contribution in [0.15, 0.2) is 51.0 Å². The zero-order chi connectivity index (χ0) is 30.3. The van der Waals surface area contributed by atoms with E-state index in [4.69, 9.17) is 25.5 Å². The number of halogens is 1. The van der Waals surface area contributed by atoms with Crippen molar-refractivity contribution >= 4 is 11.7 Å². The summed E-state index contributed by atoms with van der Waals surface area (Å²) in [4.78, 5) is 37.6. The first-order valence-corrected chi connectivity index (χ1v) is 14.4. The number of carbonyl (C=O) groups excluding carboxylic acids is 1. The van der Waals surface area contributed by atoms with Crippen molar-refractivity contribution in [3.05, 3.63) is 68.5 Å². The van der Waals surface area contributed by atoms with Crippen LogP contribution in [0, 0.1) is 11.3 Å². The number of aromatic nitrogens is 2. The van der Waals surface area contributed by atoms with Crippen molar-refractivity contribution in [1.82, 2.24) is 14.9 Å². The third-order valence-corrected chi connectivity index (χ3v) is 6.88. The minimum atomic E-state index is -1.09. The quantitative estimate of drug-likeness (QED) is 0.0862. The van der Waals surface area contributed by atoms with Crippen molar-refractivity contribution in [1.29, 1.82) is 5.53 Å². The predicted octanol–water partition coefficient (Wildman–Crippen LogP) is 4.31. The van der Waals surface area contributed by atoms with Gasteiger partial charge in [0, 0.05) is 18.4 Å². The summed E-state index contributed by atoms with van der Waals surface area (Å²) in [5.74, 6) is -0.947. The number of anilines is 1. The Hall–Kier alpha value is -4.00. The largest absolute Gasteiger partial charge is 0.494 e. The zero-order valence-corrected chi connectivity index (χ0v) is 24.0. The minimum absolute atomic E-state index is 0.0304. The number of benzene rings is 1. The molecule has 2 heterocycles. The molecule has 2 aromatic rings. The summed E-state index contributed by atoms with van der Waals surface area (Å²) >= 11 is 0. The van der Waals surface area contributed by atoms with Gasteiger partial charge >= 0.3 is 11.7 Å². The highest BCUT2D eigenvalue weighted by Crippen LogP contribution is 2.27. The molecule has 0 amide bonds. The lowest BCUT2D eigenvalue weighted by molar-refractivity contribution is -0.147. The topological polar surface area (TPSA) is 174 Å². The van der Waals surface area contributed by atoms with Gasteiger partial charge in [-0.3, -0.25) is 19.1 Å². The molecule has 13 heteroatoms. The van der Waals surface area contributed by atoms with Gasteiger partial charge in [0.1, 0.15) is 18.6 Å². The van der Waals surface area contributed by atoms with Gasteiger partial charge in [-0.1, -0.05) is 26.2 Å². The van der Waals surface area contributed by atoms with Crippen LogP contribution in [0.3, 0.4) is 0 Å². The van der Waals surface area contributed by atoms with E-state index < -0.39 is 35.4 Å². The van der Waals surface area contributed by atoms with Gasteiger partial charge in [0.25, 0.3) is 5.56 Å². The van der Waals surface area contributed by atoms with E-state index in [0.29, 0.717) is 36.4 Å². The number of nitrogens with one attached hydrogen (secondary N) is 3. The SMILES string of the molecule is CCCC/C(=C/NCCCCCCOc1ccc(N)c(CC(=O)OC[C@@H]2CC[C@H](n3cc(F)c(=O)[nH]c3=O)O2)c1)N=N. The summed E-state index contributed by atoms with van der Waals surface area (Å²) in [7, 11) is 0. The highest BCUT2D eigenvalue weighted by molar-refractivity contribution is 5.75. The number of H-pyrrole nitrogens is 1. The first kappa shape index (κ1) is 32.5. The van der Waals surface area contributed by atoms with Crippen molar-refractivity contribution < 1.29 is 23.4 Å². The lowest BCUT2D eigenvalue weighted by atomic mass is 10.1. The predicted molar refractivity (Wildman–Crippen MR) is 155 cm³/mol. The molecule has 0 aliphatic carbocycles. The molecule has 0 unspecified atom stereocenters. The van der Waals surface area contributed by atoms with E-state index >= 15 is 0 Å². The van der Waals surface area contributed by atoms with Gasteiger partial charge in [-0.25, -0.2) is 10.3 Å². The molecule has 2 atom stereocenters. The van der Waals surface area contributed by atoms with Crippen LogP contribution in [-0.4, -0.2) is 41.4 Å². The summed E-state index contributed by atoms with van der Waals surface area (Å²) in [5.41, 5.74) is 13.2. The number of esters is 1. The Balaban J connectivity index is 1.33. The maximum Gasteiger partial charge on any atom is 0.330 e. The van der Waals surface area contributed by atoms with Gasteiger partial charge in [-0.05, 0) is 62.3 Å². The molecule has 3 rings (SSSR count). The lowest BCUT2D eigenvalue weighted by Gasteiger charge is -2.16. The van der Waals surface area contributed by atoms with Gasteiger partial charge in [0.2, 0.25) is 5.82 Å². The smallest absolute Gasteiger partial charge is 0.330 e. The van der Waals surface area contributed by atoms with E-state index in [2.05, 4.69) is 17.4 Å². The number of nitrogens with zero attached hydrogens (tertiary/aromatic N) is 2. The van der Waals surface area contributed by atoms with Gasteiger partial charge in [-0.15, -0.1) is 0 Å². The summed E-state index contributed by atoms with van der Waals surface area (Å²) in [6.07, 6.45) is 9.18. The Labute approximate surface area is 243 Å². The molecule has 1 fully saturated rings. The lowest BCUT2D eigenvalue weighted by Crippen LogP contribution is -2.34. The number of aromatic amines is 1. The van der Waals surface area contributed by atoms with Crippen LogP contribution in [0.4, 0.5) is 10.1 Å². The van der Waals surface area contributed by atoms with Crippen LogP contribution in [0.5, 0.6) is 5.75 Å². The molecule has 1 saturated heterocycles. The van der Waals surface area contributed by atoms with Crippen molar-refractivity contribution in [2.24, 2.45) is 5.11 Å². The molecular weight excluding hydrogens is 547 g/mol. The second-order valence-electron chi connectivity index (χ2n) is 10.2. The molecule has 1 aliphatic heterocycles. The van der Waals surface area contributed by atoms with E-state index in [1.165, 1.54) is 0 Å². The molecule has 12 nitrogen and oxygen atoms in total. The van der Waals surface area contributed by atoms with Gasteiger partial charge < -0.3 is 25.3 Å². The van der Waals surface area contributed by atoms with Crippen molar-refractivity contribution in [3.63, 3.8) is 0 Å². The van der Waals surface area contributed by atoms with Crippen LogP contribution in [0.25, 0.3) is 0 Å². The highest BCUT2D eigenvalue weighted by atomic mass is 19.1. The van der Waals surface area contributed by atoms with Crippen LogP contribution in [0.2, 0.25) is 0 Å². The van der Waals surface area contributed by atoms with Gasteiger partial charge in [0.05, 0.1) is 31.0 Å². The third kappa shape index (κ3) is 10.4. The Kier molecular flexibility index (Phi) is 13.2. The van der Waals surface area contributed by atoms with E-state index in [1.807, 2.05) is 11.2 Å². The molecular formula is C29H41FN6O6. The standard InChI is InChI=1S/C29H41FN6O6/c1-2-3-8-21(35-32)17-33-13-6-4-5-7-14-40-22-9-11-25(31)20(15-22)16-27(37)41-19-23-10-12-26(42-23)36-18-24(30)28(38)34-29(36)39/h9,11,15,17-18,23,26,32-33H,2-8,10,12-14,16,19,31H2,1H3,(H,34,38,39)/b21-17-,35-32?/t23-,26+/m0/s1. The molecule has 1 aromatic carbocycles. The van der Waals surface area contributed by atoms with E-state index in [0.717, 1.165) is 68.0 Å². The highest BCUT2D eigenvalue weighted by Gasteiger charge is 2.29. The fraction of sp³-hybridized carbons (Fsp3) is 0.552. The normalized spacial score (nSPS) is 16.8. The zero-order valence-electron chi connectivity index (χ0n) is 24.0. The summed E-state index contributed by atoms with van der Waals surface area (Å²) < 4.78 is 31.5. The van der Waals surface area contributed by atoms with E-state index in [9.17, 15) is 18.8 Å². The van der Waals surface area contributed by atoms with E-state index in [-0.39, 0.29) is 13.0 Å². The Morgan fingerprint density at radius 1 is 1.26 bits per heavy atom. The first-order valence-electron chi connectivity index (χ1n) is 14.4. The molecule has 5 N–H and O–H groups in total. The van der Waals surface area contributed by atoms with Crippen LogP contribution >= 0.6 is 0 Å². The average Bonchev–Trinajstić information content (AvgIpc) is 3.45. The Morgan fingerprint density at radius 2 is 2.07 bits per heavy atom. The van der Waals surface area contributed by atoms with Gasteiger partial charge in [0.15, 0.2) is 0 Å². The number of nitrogen functional groups attached to an aromatic ring is 1. The van der Waals surface area contributed by atoms with Crippen LogP contribution in [0.1, 0.15) is 76.5 Å². The van der Waals surface area contributed by atoms with Crippen molar-refractivity contribution in [2.45, 2.75) is 83.5 Å². The van der Waals surface area contributed by atoms with Crippen molar-refractivity contribution in [2.75, 3.05) is 25.5 Å². The van der Waals surface area contributed by atoms with E-state index in [1.54, 1.807) is 18.2 Å². The summed E-state index contributed by atoms with van der Waals surface area (Å²) in [6, 6.07) is 5.20. The second kappa shape index (κ2) is 17.1. The molecule has 0 saturated carbocycles. The second-order valence-corrected chi connectivity index (χ2v) is 10.2. The fourth-order valence-corrected chi connectivity index (χ4v) is 4.49. The molecule has 0 radical (unpaired) electrons. The number of rotatable bonds is 18. The number of allylic oxidation sites excluding steroid dienone is 1.